The van der Waals surface area contributed by atoms with Crippen LogP contribution in [0, 0.1) is 5.41 Å². The molecule has 0 aromatic rings. The Morgan fingerprint density at radius 1 is 1.22 bits per heavy atom. The molecule has 1 aliphatic heterocycles. The average Bonchev–Trinajstić information content (AvgIpc) is 2.37. The van der Waals surface area contributed by atoms with E-state index in [-0.39, 0.29) is 30.6 Å². The first-order valence-electron chi connectivity index (χ1n) is 6.22. The van der Waals surface area contributed by atoms with E-state index < -0.39 is 5.41 Å². The Morgan fingerprint density at radius 3 is 2.44 bits per heavy atom. The number of ether oxygens (including phenoxy) is 3. The molecule has 0 bridgehead atoms. The van der Waals surface area contributed by atoms with E-state index in [1.54, 1.807) is 0 Å². The lowest BCUT2D eigenvalue weighted by Gasteiger charge is -2.37. The number of esters is 2. The van der Waals surface area contributed by atoms with E-state index >= 15 is 0 Å². The smallest absolute Gasteiger partial charge is 0.313 e. The van der Waals surface area contributed by atoms with Crippen LogP contribution < -0.4 is 0 Å². The van der Waals surface area contributed by atoms with Gasteiger partial charge in [-0.25, -0.2) is 0 Å². The zero-order valence-corrected chi connectivity index (χ0v) is 11.5. The van der Waals surface area contributed by atoms with Gasteiger partial charge in [0.25, 0.3) is 0 Å². The summed E-state index contributed by atoms with van der Waals surface area (Å²) in [4.78, 5) is 23.0. The van der Waals surface area contributed by atoms with Gasteiger partial charge in [-0.3, -0.25) is 9.59 Å². The highest BCUT2D eigenvalue weighted by molar-refractivity contribution is 5.76. The normalized spacial score (nSPS) is 24.4. The quantitative estimate of drug-likeness (QED) is 0.718. The summed E-state index contributed by atoms with van der Waals surface area (Å²) in [5.41, 5.74) is -0.691. The fourth-order valence-corrected chi connectivity index (χ4v) is 2.24. The van der Waals surface area contributed by atoms with Crippen LogP contribution in [-0.4, -0.2) is 38.4 Å². The predicted octanol–water partition coefficient (Wildman–Crippen LogP) is 1.69. The molecule has 0 N–H and O–H groups in total. The maximum atomic E-state index is 11.7. The lowest BCUT2D eigenvalue weighted by Crippen LogP contribution is -2.44. The predicted molar refractivity (Wildman–Crippen MR) is 64.9 cm³/mol. The molecule has 18 heavy (non-hydrogen) atoms. The molecule has 0 aromatic heterocycles. The van der Waals surface area contributed by atoms with Crippen molar-refractivity contribution >= 4 is 11.9 Å². The van der Waals surface area contributed by atoms with Gasteiger partial charge in [0.2, 0.25) is 0 Å². The van der Waals surface area contributed by atoms with Gasteiger partial charge >= 0.3 is 11.9 Å². The molecule has 0 amide bonds. The van der Waals surface area contributed by atoms with Gasteiger partial charge in [-0.2, -0.15) is 0 Å². The van der Waals surface area contributed by atoms with Crippen molar-refractivity contribution in [1.82, 2.24) is 0 Å². The summed E-state index contributed by atoms with van der Waals surface area (Å²) in [6.45, 7) is 3.62. The Balaban J connectivity index is 2.63. The summed E-state index contributed by atoms with van der Waals surface area (Å²) in [7, 11) is 2.74. The molecule has 1 fully saturated rings. The van der Waals surface area contributed by atoms with E-state index in [0.717, 1.165) is 19.3 Å². The first-order valence-corrected chi connectivity index (χ1v) is 6.22. The van der Waals surface area contributed by atoms with Crippen molar-refractivity contribution in [1.29, 1.82) is 0 Å². The topological polar surface area (TPSA) is 61.8 Å². The third-order valence-corrected chi connectivity index (χ3v) is 3.49. The van der Waals surface area contributed by atoms with E-state index in [1.165, 1.54) is 14.2 Å². The van der Waals surface area contributed by atoms with Gasteiger partial charge in [0.05, 0.1) is 38.3 Å². The second-order valence-electron chi connectivity index (χ2n) is 5.17. The van der Waals surface area contributed by atoms with E-state index in [4.69, 9.17) is 9.47 Å². The van der Waals surface area contributed by atoms with E-state index in [2.05, 4.69) is 4.74 Å². The Bertz CT molecular complexity index is 311. The Hall–Kier alpha value is -1.10. The van der Waals surface area contributed by atoms with Crippen LogP contribution in [0.15, 0.2) is 0 Å². The lowest BCUT2D eigenvalue weighted by molar-refractivity contribution is -0.171. The Labute approximate surface area is 108 Å². The number of rotatable bonds is 4. The number of hydrogen-bond acceptors (Lipinski definition) is 5. The first kappa shape index (κ1) is 15.0. The minimum atomic E-state index is -0.691. The van der Waals surface area contributed by atoms with Gasteiger partial charge in [-0.05, 0) is 33.1 Å². The SMILES string of the molecule is COC(=O)C[C@@H]1CCC[C@H](C(C)(C)C(=O)OC)O1. The van der Waals surface area contributed by atoms with Crippen molar-refractivity contribution in [2.45, 2.75) is 51.7 Å². The molecular weight excluding hydrogens is 236 g/mol. The Morgan fingerprint density at radius 2 is 1.89 bits per heavy atom. The summed E-state index contributed by atoms with van der Waals surface area (Å²) < 4.78 is 15.3. The van der Waals surface area contributed by atoms with Crippen molar-refractivity contribution in [2.75, 3.05) is 14.2 Å². The largest absolute Gasteiger partial charge is 0.469 e. The van der Waals surface area contributed by atoms with E-state index in [9.17, 15) is 9.59 Å². The van der Waals surface area contributed by atoms with Crippen LogP contribution >= 0.6 is 0 Å². The third kappa shape index (κ3) is 3.45. The molecule has 0 aromatic carbocycles. The van der Waals surface area contributed by atoms with Gasteiger partial charge in [0, 0.05) is 0 Å². The van der Waals surface area contributed by atoms with Crippen LogP contribution in [0.1, 0.15) is 39.5 Å². The molecule has 1 rings (SSSR count). The highest BCUT2D eigenvalue weighted by Gasteiger charge is 2.41. The van der Waals surface area contributed by atoms with Gasteiger partial charge in [-0.15, -0.1) is 0 Å². The van der Waals surface area contributed by atoms with Gasteiger partial charge in [0.15, 0.2) is 0 Å². The number of methoxy groups -OCH3 is 2. The van der Waals surface area contributed by atoms with Crippen molar-refractivity contribution in [3.05, 3.63) is 0 Å². The van der Waals surface area contributed by atoms with E-state index in [1.807, 2.05) is 13.8 Å². The molecule has 0 radical (unpaired) electrons. The second kappa shape index (κ2) is 6.18. The monoisotopic (exact) mass is 258 g/mol. The number of carbonyl (C=O) groups excluding carboxylic acids is 2. The van der Waals surface area contributed by atoms with Gasteiger partial charge in [0.1, 0.15) is 0 Å². The fourth-order valence-electron chi connectivity index (χ4n) is 2.24. The summed E-state index contributed by atoms with van der Waals surface area (Å²) in [6, 6.07) is 0. The Kier molecular flexibility index (Phi) is 5.14. The summed E-state index contributed by atoms with van der Waals surface area (Å²) in [5.74, 6) is -0.567. The zero-order chi connectivity index (χ0) is 13.8. The summed E-state index contributed by atoms with van der Waals surface area (Å²) in [5, 5.41) is 0. The lowest BCUT2D eigenvalue weighted by atomic mass is 9.81. The van der Waals surface area contributed by atoms with Gasteiger partial charge < -0.3 is 14.2 Å². The average molecular weight is 258 g/mol. The highest BCUT2D eigenvalue weighted by Crippen LogP contribution is 2.34. The fraction of sp³-hybridized carbons (Fsp3) is 0.846. The van der Waals surface area contributed by atoms with Crippen LogP contribution in [0.3, 0.4) is 0 Å². The zero-order valence-electron chi connectivity index (χ0n) is 11.5. The molecule has 5 heteroatoms. The maximum Gasteiger partial charge on any atom is 0.313 e. The molecule has 0 spiro atoms. The van der Waals surface area contributed by atoms with Crippen molar-refractivity contribution < 1.29 is 23.8 Å². The van der Waals surface area contributed by atoms with Crippen LogP contribution in [0.5, 0.6) is 0 Å². The van der Waals surface area contributed by atoms with Crippen molar-refractivity contribution in [3.63, 3.8) is 0 Å². The summed E-state index contributed by atoms with van der Waals surface area (Å²) >= 11 is 0. The minimum absolute atomic E-state index is 0.167. The maximum absolute atomic E-state index is 11.7. The van der Waals surface area contributed by atoms with Crippen LogP contribution in [-0.2, 0) is 23.8 Å². The molecule has 2 atom stereocenters. The number of carbonyl (C=O) groups is 2. The van der Waals surface area contributed by atoms with Crippen molar-refractivity contribution in [3.8, 4) is 0 Å². The standard InChI is InChI=1S/C13H22O5/c1-13(2,12(15)17-4)10-7-5-6-9(18-10)8-11(14)16-3/h9-10H,5-8H2,1-4H3/t9-,10+/m0/s1. The molecule has 1 heterocycles. The summed E-state index contributed by atoms with van der Waals surface area (Å²) in [6.07, 6.45) is 2.42. The second-order valence-corrected chi connectivity index (χ2v) is 5.17. The molecule has 0 aliphatic carbocycles. The number of hydrogen-bond donors (Lipinski definition) is 0. The van der Waals surface area contributed by atoms with Gasteiger partial charge in [-0.1, -0.05) is 0 Å². The molecule has 0 unspecified atom stereocenters. The van der Waals surface area contributed by atoms with Crippen LogP contribution in [0.25, 0.3) is 0 Å². The molecule has 5 nitrogen and oxygen atoms in total. The molecule has 0 saturated carbocycles. The molecular formula is C13H22O5. The minimum Gasteiger partial charge on any atom is -0.469 e. The van der Waals surface area contributed by atoms with Crippen molar-refractivity contribution in [2.24, 2.45) is 5.41 Å². The molecule has 1 saturated heterocycles. The van der Waals surface area contributed by atoms with Crippen LogP contribution in [0.4, 0.5) is 0 Å². The molecule has 104 valence electrons. The highest BCUT2D eigenvalue weighted by atomic mass is 16.5. The molecule has 1 aliphatic rings. The third-order valence-electron chi connectivity index (χ3n) is 3.49. The first-order chi connectivity index (χ1) is 8.41. The van der Waals surface area contributed by atoms with E-state index in [0.29, 0.717) is 0 Å². The van der Waals surface area contributed by atoms with Crippen LogP contribution in [0.2, 0.25) is 0 Å².